The molecule has 1 heterocycles. The summed E-state index contributed by atoms with van der Waals surface area (Å²) in [4.78, 5) is 3.94. The molecular formula is C12H10FNO. The van der Waals surface area contributed by atoms with E-state index < -0.39 is 0 Å². The second-order valence-corrected chi connectivity index (χ2v) is 3.18. The van der Waals surface area contributed by atoms with E-state index in [4.69, 9.17) is 5.11 Å². The van der Waals surface area contributed by atoms with Crippen LogP contribution in [0.3, 0.4) is 0 Å². The maximum Gasteiger partial charge on any atom is 0.134 e. The van der Waals surface area contributed by atoms with Crippen LogP contribution in [0.4, 0.5) is 4.39 Å². The van der Waals surface area contributed by atoms with Crippen LogP contribution in [-0.4, -0.2) is 10.1 Å². The molecule has 0 atom stereocenters. The molecule has 1 aromatic carbocycles. The predicted octanol–water partition coefficient (Wildman–Crippen LogP) is 2.38. The third-order valence-electron chi connectivity index (χ3n) is 2.16. The summed E-state index contributed by atoms with van der Waals surface area (Å²) >= 11 is 0. The van der Waals surface area contributed by atoms with Gasteiger partial charge in [-0.05, 0) is 11.6 Å². The number of pyridine rings is 1. The van der Waals surface area contributed by atoms with Crippen molar-refractivity contribution >= 4 is 0 Å². The van der Waals surface area contributed by atoms with Crippen LogP contribution < -0.4 is 0 Å². The Morgan fingerprint density at radius 2 is 1.93 bits per heavy atom. The Morgan fingerprint density at radius 1 is 1.20 bits per heavy atom. The van der Waals surface area contributed by atoms with Crippen LogP contribution >= 0.6 is 0 Å². The van der Waals surface area contributed by atoms with Crippen molar-refractivity contribution in [1.82, 2.24) is 4.98 Å². The number of benzene rings is 1. The summed E-state index contributed by atoms with van der Waals surface area (Å²) in [5.74, 6) is -0.361. The largest absolute Gasteiger partial charge is 0.390 e. The summed E-state index contributed by atoms with van der Waals surface area (Å²) in [6.45, 7) is -0.244. The van der Waals surface area contributed by atoms with Crippen molar-refractivity contribution in [2.75, 3.05) is 0 Å². The highest BCUT2D eigenvalue weighted by atomic mass is 19.1. The number of hydrogen-bond donors (Lipinski definition) is 1. The minimum absolute atomic E-state index is 0.244. The van der Waals surface area contributed by atoms with E-state index in [1.807, 2.05) is 30.3 Å². The van der Waals surface area contributed by atoms with Gasteiger partial charge in [0.1, 0.15) is 5.82 Å². The van der Waals surface area contributed by atoms with Gasteiger partial charge in [0.25, 0.3) is 0 Å². The van der Waals surface area contributed by atoms with Gasteiger partial charge in [0.15, 0.2) is 0 Å². The first-order valence-electron chi connectivity index (χ1n) is 4.62. The summed E-state index contributed by atoms with van der Waals surface area (Å²) in [5, 5.41) is 8.79. The van der Waals surface area contributed by atoms with E-state index in [1.54, 1.807) is 0 Å². The number of aliphatic hydroxyl groups is 1. The smallest absolute Gasteiger partial charge is 0.134 e. The maximum absolute atomic E-state index is 13.6. The number of aromatic nitrogens is 1. The molecule has 0 aliphatic rings. The Labute approximate surface area is 87.0 Å². The zero-order valence-electron chi connectivity index (χ0n) is 8.02. The fourth-order valence-electron chi connectivity index (χ4n) is 1.39. The average molecular weight is 203 g/mol. The molecule has 0 saturated heterocycles. The van der Waals surface area contributed by atoms with E-state index in [2.05, 4.69) is 4.98 Å². The summed E-state index contributed by atoms with van der Waals surface area (Å²) in [7, 11) is 0. The van der Waals surface area contributed by atoms with Gasteiger partial charge in [0.05, 0.1) is 12.3 Å². The number of hydrogen-bond acceptors (Lipinski definition) is 2. The number of nitrogens with zero attached hydrogens (tertiary/aromatic N) is 1. The van der Waals surface area contributed by atoms with Crippen LogP contribution in [-0.2, 0) is 6.61 Å². The molecule has 0 spiro atoms. The molecule has 2 rings (SSSR count). The van der Waals surface area contributed by atoms with Gasteiger partial charge in [-0.25, -0.2) is 4.39 Å². The number of rotatable bonds is 2. The maximum atomic E-state index is 13.6. The van der Waals surface area contributed by atoms with Crippen molar-refractivity contribution in [2.24, 2.45) is 0 Å². The van der Waals surface area contributed by atoms with Crippen molar-refractivity contribution in [1.29, 1.82) is 0 Å². The van der Waals surface area contributed by atoms with Crippen molar-refractivity contribution in [2.45, 2.75) is 6.61 Å². The molecule has 2 aromatic rings. The lowest BCUT2D eigenvalue weighted by atomic mass is 10.1. The predicted molar refractivity (Wildman–Crippen MR) is 55.6 cm³/mol. The number of halogens is 1. The van der Waals surface area contributed by atoms with Gasteiger partial charge in [-0.1, -0.05) is 30.3 Å². The minimum atomic E-state index is -0.361. The van der Waals surface area contributed by atoms with Gasteiger partial charge >= 0.3 is 0 Å². The third-order valence-corrected chi connectivity index (χ3v) is 2.16. The molecule has 0 aliphatic carbocycles. The normalized spacial score (nSPS) is 10.3. The van der Waals surface area contributed by atoms with Gasteiger partial charge in [-0.3, -0.25) is 4.98 Å². The first kappa shape index (κ1) is 9.80. The summed E-state index contributed by atoms with van der Waals surface area (Å²) in [6.07, 6.45) is 1.44. The average Bonchev–Trinajstić information content (AvgIpc) is 2.30. The molecule has 0 fully saturated rings. The highest BCUT2D eigenvalue weighted by molar-refractivity contribution is 5.62. The zero-order chi connectivity index (χ0) is 10.7. The van der Waals surface area contributed by atoms with Crippen LogP contribution in [0.15, 0.2) is 42.6 Å². The Balaban J connectivity index is 2.46. The molecule has 0 saturated carbocycles. The van der Waals surface area contributed by atoms with Crippen molar-refractivity contribution < 1.29 is 9.50 Å². The molecule has 0 amide bonds. The topological polar surface area (TPSA) is 33.1 Å². The SMILES string of the molecule is OCc1cc(F)c(-c2ccccc2)cn1. The second-order valence-electron chi connectivity index (χ2n) is 3.18. The van der Waals surface area contributed by atoms with Crippen molar-refractivity contribution in [3.63, 3.8) is 0 Å². The molecule has 0 unspecified atom stereocenters. The van der Waals surface area contributed by atoms with E-state index in [0.29, 0.717) is 11.3 Å². The standard InChI is InChI=1S/C12H10FNO/c13-12-6-10(8-15)14-7-11(12)9-4-2-1-3-5-9/h1-7,15H,8H2. The van der Waals surface area contributed by atoms with Gasteiger partial charge in [-0.2, -0.15) is 0 Å². The molecular weight excluding hydrogens is 193 g/mol. The molecule has 0 aliphatic heterocycles. The quantitative estimate of drug-likeness (QED) is 0.812. The second kappa shape index (κ2) is 4.19. The van der Waals surface area contributed by atoms with Gasteiger partial charge in [0, 0.05) is 11.8 Å². The van der Waals surface area contributed by atoms with Crippen LogP contribution in [0.5, 0.6) is 0 Å². The minimum Gasteiger partial charge on any atom is -0.390 e. The molecule has 0 bridgehead atoms. The highest BCUT2D eigenvalue weighted by Gasteiger charge is 2.05. The fraction of sp³-hybridized carbons (Fsp3) is 0.0833. The highest BCUT2D eigenvalue weighted by Crippen LogP contribution is 2.21. The van der Waals surface area contributed by atoms with Crippen LogP contribution in [0, 0.1) is 5.82 Å². The summed E-state index contributed by atoms with van der Waals surface area (Å²) in [6, 6.07) is 10.4. The monoisotopic (exact) mass is 203 g/mol. The third kappa shape index (κ3) is 2.02. The van der Waals surface area contributed by atoms with Crippen LogP contribution in [0.2, 0.25) is 0 Å². The molecule has 15 heavy (non-hydrogen) atoms. The van der Waals surface area contributed by atoms with E-state index in [1.165, 1.54) is 12.3 Å². The summed E-state index contributed by atoms with van der Waals surface area (Å²) < 4.78 is 13.6. The Morgan fingerprint density at radius 3 is 2.53 bits per heavy atom. The van der Waals surface area contributed by atoms with Crippen LogP contribution in [0.1, 0.15) is 5.69 Å². The van der Waals surface area contributed by atoms with Crippen LogP contribution in [0.25, 0.3) is 11.1 Å². The molecule has 76 valence electrons. The molecule has 0 radical (unpaired) electrons. The first-order chi connectivity index (χ1) is 7.31. The Hall–Kier alpha value is -1.74. The Bertz CT molecular complexity index is 456. The molecule has 2 nitrogen and oxygen atoms in total. The number of aliphatic hydroxyl groups excluding tert-OH is 1. The molecule has 1 aromatic heterocycles. The van der Waals surface area contributed by atoms with Crippen molar-refractivity contribution in [3.05, 3.63) is 54.1 Å². The van der Waals surface area contributed by atoms with Gasteiger partial charge in [-0.15, -0.1) is 0 Å². The lowest BCUT2D eigenvalue weighted by molar-refractivity contribution is 0.276. The van der Waals surface area contributed by atoms with E-state index in [9.17, 15) is 4.39 Å². The van der Waals surface area contributed by atoms with Gasteiger partial charge in [0.2, 0.25) is 0 Å². The van der Waals surface area contributed by atoms with E-state index in [-0.39, 0.29) is 12.4 Å². The lowest BCUT2D eigenvalue weighted by Crippen LogP contribution is -1.93. The lowest BCUT2D eigenvalue weighted by Gasteiger charge is -2.03. The first-order valence-corrected chi connectivity index (χ1v) is 4.62. The van der Waals surface area contributed by atoms with E-state index in [0.717, 1.165) is 5.56 Å². The van der Waals surface area contributed by atoms with Crippen molar-refractivity contribution in [3.8, 4) is 11.1 Å². The van der Waals surface area contributed by atoms with Gasteiger partial charge < -0.3 is 5.11 Å². The van der Waals surface area contributed by atoms with E-state index >= 15 is 0 Å². The molecule has 3 heteroatoms. The zero-order valence-corrected chi connectivity index (χ0v) is 8.02. The molecule has 1 N–H and O–H groups in total. The summed E-state index contributed by atoms with van der Waals surface area (Å²) in [5.41, 5.74) is 1.58. The Kier molecular flexibility index (Phi) is 2.74. The fourth-order valence-corrected chi connectivity index (χ4v) is 1.39.